The highest BCUT2D eigenvalue weighted by Crippen LogP contribution is 2.17. The number of hydrogen-bond donors (Lipinski definition) is 3. The van der Waals surface area contributed by atoms with Crippen LogP contribution < -0.4 is 16.0 Å². The lowest BCUT2D eigenvalue weighted by atomic mass is 10.2. The molecule has 0 saturated carbocycles. The number of rotatable bonds is 13. The molecule has 2 aromatic rings. The van der Waals surface area contributed by atoms with E-state index in [4.69, 9.17) is 0 Å². The molecule has 0 aromatic carbocycles. The first-order chi connectivity index (χ1) is 18.2. The van der Waals surface area contributed by atoms with Gasteiger partial charge in [-0.15, -0.1) is 0 Å². The summed E-state index contributed by atoms with van der Waals surface area (Å²) in [6.45, 7) is 5.56. The zero-order valence-electron chi connectivity index (χ0n) is 22.7. The number of carbonyl (C=O) groups is 2. The van der Waals surface area contributed by atoms with Crippen molar-refractivity contribution in [3.63, 3.8) is 0 Å². The maximum absolute atomic E-state index is 13.0. The van der Waals surface area contributed by atoms with Gasteiger partial charge >= 0.3 is 0 Å². The molecule has 0 radical (unpaired) electrons. The number of pyridine rings is 1. The van der Waals surface area contributed by atoms with Crippen LogP contribution in [0.2, 0.25) is 0 Å². The number of aromatic nitrogens is 3. The van der Waals surface area contributed by atoms with Crippen LogP contribution in [0.1, 0.15) is 38.7 Å². The average molecular weight is 525 g/mol. The fourth-order valence-electron chi connectivity index (χ4n) is 3.03. The van der Waals surface area contributed by atoms with E-state index in [1.165, 1.54) is 23.2 Å². The van der Waals surface area contributed by atoms with Gasteiger partial charge in [-0.05, 0) is 46.0 Å². The fourth-order valence-corrected chi connectivity index (χ4v) is 3.03. The second kappa shape index (κ2) is 15.9. The van der Waals surface area contributed by atoms with Crippen molar-refractivity contribution in [1.82, 2.24) is 30.1 Å². The van der Waals surface area contributed by atoms with Gasteiger partial charge in [-0.1, -0.05) is 24.8 Å². The molecule has 0 aliphatic carbocycles. The lowest BCUT2D eigenvalue weighted by molar-refractivity contribution is -0.135. The highest BCUT2D eigenvalue weighted by molar-refractivity contribution is 5.92. The lowest BCUT2D eigenvalue weighted by Crippen LogP contribution is -2.45. The summed E-state index contributed by atoms with van der Waals surface area (Å²) in [5.41, 5.74) is 1.22. The minimum Gasteiger partial charge on any atom is -0.369 e. The second-order valence-corrected chi connectivity index (χ2v) is 8.86. The predicted molar refractivity (Wildman–Crippen MR) is 147 cm³/mol. The van der Waals surface area contributed by atoms with Gasteiger partial charge in [-0.2, -0.15) is 9.37 Å². The Morgan fingerprint density at radius 1 is 1.16 bits per heavy atom. The minimum absolute atomic E-state index is 0.214. The number of hydrogen-bond acceptors (Lipinski definition) is 8. The van der Waals surface area contributed by atoms with Crippen molar-refractivity contribution in [2.45, 2.75) is 39.2 Å². The first-order valence-corrected chi connectivity index (χ1v) is 12.5. The van der Waals surface area contributed by atoms with Crippen LogP contribution in [0.4, 0.5) is 21.8 Å². The number of unbranched alkanes of at least 4 members (excludes halogenated alkanes) is 1. The van der Waals surface area contributed by atoms with E-state index in [9.17, 15) is 14.0 Å². The standard InChI is InChI=1S/C27H37FN8O2/c1-6-15-29-25-21(18-32-27(34-25)33-22-13-14-23(28)31-19-22)11-8-7-9-16-30-26(38)20(2)36(5)24(37)12-10-17-35(3)4/h10,12-14,18-20H,6-7,9,15-17H2,1-5H3,(H,30,38)(H2,29,32,33,34). The number of nitrogens with one attached hydrogen (secondary N) is 3. The van der Waals surface area contributed by atoms with Crippen LogP contribution >= 0.6 is 0 Å². The average Bonchev–Trinajstić information content (AvgIpc) is 2.90. The number of anilines is 3. The largest absolute Gasteiger partial charge is 0.369 e. The topological polar surface area (TPSA) is 115 Å². The van der Waals surface area contributed by atoms with Crippen molar-refractivity contribution >= 4 is 29.3 Å². The smallest absolute Gasteiger partial charge is 0.246 e. The van der Waals surface area contributed by atoms with Crippen LogP contribution in [-0.4, -0.2) is 83.4 Å². The molecule has 2 heterocycles. The number of likely N-dealkylation sites (N-methyl/N-ethyl adjacent to an activating group) is 2. The Balaban J connectivity index is 1.87. The molecule has 0 bridgehead atoms. The molecule has 3 N–H and O–H groups in total. The van der Waals surface area contributed by atoms with Crippen LogP contribution in [-0.2, 0) is 9.59 Å². The summed E-state index contributed by atoms with van der Waals surface area (Å²) in [4.78, 5) is 40.4. The summed E-state index contributed by atoms with van der Waals surface area (Å²) in [7, 11) is 5.44. The number of halogens is 1. The second-order valence-electron chi connectivity index (χ2n) is 8.86. The molecule has 2 aromatic heterocycles. The Labute approximate surface area is 224 Å². The molecule has 2 rings (SSSR count). The maximum atomic E-state index is 13.0. The molecule has 204 valence electrons. The van der Waals surface area contributed by atoms with Crippen molar-refractivity contribution < 1.29 is 14.0 Å². The normalized spacial score (nSPS) is 11.6. The van der Waals surface area contributed by atoms with Crippen molar-refractivity contribution in [2.75, 3.05) is 51.4 Å². The summed E-state index contributed by atoms with van der Waals surface area (Å²) in [6.07, 6.45) is 8.36. The first-order valence-electron chi connectivity index (χ1n) is 12.5. The molecule has 2 amide bonds. The fraction of sp³-hybridized carbons (Fsp3) is 0.444. The molecule has 1 unspecified atom stereocenters. The van der Waals surface area contributed by atoms with Gasteiger partial charge < -0.3 is 25.8 Å². The molecular formula is C27H37FN8O2. The molecule has 38 heavy (non-hydrogen) atoms. The highest BCUT2D eigenvalue weighted by atomic mass is 19.1. The van der Waals surface area contributed by atoms with E-state index >= 15 is 0 Å². The monoisotopic (exact) mass is 524 g/mol. The number of nitrogens with zero attached hydrogens (tertiary/aromatic N) is 5. The summed E-state index contributed by atoms with van der Waals surface area (Å²) >= 11 is 0. The first kappa shape index (κ1) is 30.2. The third kappa shape index (κ3) is 10.5. The van der Waals surface area contributed by atoms with Crippen molar-refractivity contribution in [3.8, 4) is 11.8 Å². The van der Waals surface area contributed by atoms with E-state index in [1.54, 1.807) is 32.3 Å². The summed E-state index contributed by atoms with van der Waals surface area (Å²) in [5.74, 6) is 6.14. The van der Waals surface area contributed by atoms with Gasteiger partial charge in [0.15, 0.2) is 0 Å². The molecular weight excluding hydrogens is 487 g/mol. The summed E-state index contributed by atoms with van der Waals surface area (Å²) in [6, 6.07) is 2.22. The van der Waals surface area contributed by atoms with E-state index < -0.39 is 12.0 Å². The summed E-state index contributed by atoms with van der Waals surface area (Å²) < 4.78 is 13.0. The minimum atomic E-state index is -0.584. The van der Waals surface area contributed by atoms with Gasteiger partial charge in [-0.25, -0.2) is 9.97 Å². The Morgan fingerprint density at radius 3 is 2.63 bits per heavy atom. The zero-order valence-corrected chi connectivity index (χ0v) is 22.7. The van der Waals surface area contributed by atoms with Gasteiger partial charge in [0.2, 0.25) is 23.7 Å². The molecule has 0 aliphatic heterocycles. The Morgan fingerprint density at radius 2 is 1.95 bits per heavy atom. The predicted octanol–water partition coefficient (Wildman–Crippen LogP) is 2.79. The summed E-state index contributed by atoms with van der Waals surface area (Å²) in [5, 5.41) is 9.11. The molecule has 0 saturated heterocycles. The van der Waals surface area contributed by atoms with Crippen LogP contribution in [0.3, 0.4) is 0 Å². The zero-order chi connectivity index (χ0) is 27.9. The molecule has 0 fully saturated rings. The molecule has 0 aliphatic rings. The van der Waals surface area contributed by atoms with Crippen LogP contribution in [0.5, 0.6) is 0 Å². The van der Waals surface area contributed by atoms with E-state index in [1.807, 2.05) is 25.9 Å². The third-order valence-electron chi connectivity index (χ3n) is 5.35. The SMILES string of the molecule is CCCNc1nc(Nc2ccc(F)nc2)ncc1C#CCCCNC(=O)C(C)N(C)C(=O)C=CCN(C)C. The maximum Gasteiger partial charge on any atom is 0.246 e. The van der Waals surface area contributed by atoms with Crippen LogP contribution in [0, 0.1) is 17.8 Å². The van der Waals surface area contributed by atoms with Gasteiger partial charge in [0, 0.05) is 39.2 Å². The highest BCUT2D eigenvalue weighted by Gasteiger charge is 2.20. The van der Waals surface area contributed by atoms with Gasteiger partial charge in [0.25, 0.3) is 0 Å². The molecule has 11 heteroatoms. The van der Waals surface area contributed by atoms with E-state index in [0.717, 1.165) is 13.0 Å². The van der Waals surface area contributed by atoms with E-state index in [2.05, 4.69) is 42.7 Å². The van der Waals surface area contributed by atoms with Crippen LogP contribution in [0.25, 0.3) is 0 Å². The molecule has 1 atom stereocenters. The number of carbonyl (C=O) groups excluding carboxylic acids is 2. The Hall–Kier alpha value is -4.04. The van der Waals surface area contributed by atoms with E-state index in [0.29, 0.717) is 48.9 Å². The van der Waals surface area contributed by atoms with Gasteiger partial charge in [-0.3, -0.25) is 9.59 Å². The van der Waals surface area contributed by atoms with Crippen molar-refractivity contribution in [3.05, 3.63) is 48.2 Å². The quantitative estimate of drug-likeness (QED) is 0.159. The van der Waals surface area contributed by atoms with Gasteiger partial charge in [0.05, 0.1) is 23.6 Å². The molecule has 10 nitrogen and oxygen atoms in total. The number of amides is 2. The van der Waals surface area contributed by atoms with Crippen molar-refractivity contribution in [1.29, 1.82) is 0 Å². The van der Waals surface area contributed by atoms with E-state index in [-0.39, 0.29) is 11.8 Å². The Kier molecular flexibility index (Phi) is 12.7. The third-order valence-corrected chi connectivity index (χ3v) is 5.35. The van der Waals surface area contributed by atoms with Crippen LogP contribution in [0.15, 0.2) is 36.7 Å². The molecule has 0 spiro atoms. The van der Waals surface area contributed by atoms with Gasteiger partial charge in [0.1, 0.15) is 11.9 Å². The Bertz CT molecular complexity index is 1140. The lowest BCUT2D eigenvalue weighted by Gasteiger charge is -2.23. The van der Waals surface area contributed by atoms with Crippen molar-refractivity contribution in [2.24, 2.45) is 0 Å².